The predicted octanol–water partition coefficient (Wildman–Crippen LogP) is 4.22. The average molecular weight is 416 g/mol. The highest BCUT2D eigenvalue weighted by Gasteiger charge is 2.16. The lowest BCUT2D eigenvalue weighted by Crippen LogP contribution is -2.29. The Kier molecular flexibility index (Phi) is 7.44. The van der Waals surface area contributed by atoms with Crippen LogP contribution in [-0.4, -0.2) is 32.5 Å². The number of carbonyl (C=O) groups excluding carboxylic acids is 2. The van der Waals surface area contributed by atoms with E-state index in [1.807, 2.05) is 86.6 Å². The predicted molar refractivity (Wildman–Crippen MR) is 126 cm³/mol. The van der Waals surface area contributed by atoms with Crippen molar-refractivity contribution in [3.05, 3.63) is 101 Å². The van der Waals surface area contributed by atoms with E-state index in [-0.39, 0.29) is 17.9 Å². The molecule has 0 bridgehead atoms. The van der Waals surface area contributed by atoms with E-state index in [2.05, 4.69) is 10.6 Å². The highest BCUT2D eigenvalue weighted by atomic mass is 16.2. The molecule has 1 atom stereocenters. The minimum absolute atomic E-state index is 0.139. The summed E-state index contributed by atoms with van der Waals surface area (Å²) in [5.74, 6) is -0.400. The molecule has 2 amide bonds. The Morgan fingerprint density at radius 1 is 0.839 bits per heavy atom. The summed E-state index contributed by atoms with van der Waals surface area (Å²) in [6.45, 7) is 2.47. The van der Waals surface area contributed by atoms with Crippen LogP contribution in [0.1, 0.15) is 44.8 Å². The maximum Gasteiger partial charge on any atom is 0.251 e. The van der Waals surface area contributed by atoms with Crippen LogP contribution in [0.4, 0.5) is 5.69 Å². The number of hydrogen-bond donors (Lipinski definition) is 2. The van der Waals surface area contributed by atoms with Crippen molar-refractivity contribution in [1.82, 2.24) is 10.6 Å². The summed E-state index contributed by atoms with van der Waals surface area (Å²) >= 11 is 0. The number of amides is 2. The molecule has 160 valence electrons. The van der Waals surface area contributed by atoms with Crippen molar-refractivity contribution >= 4 is 17.5 Å². The van der Waals surface area contributed by atoms with Gasteiger partial charge < -0.3 is 15.5 Å². The SMILES string of the molecule is CC(NC(=O)c1cc(C(=O)NCCc2ccccc2)cc(N(C)C)c1)c1ccccc1. The normalized spacial score (nSPS) is 11.5. The first kappa shape index (κ1) is 22.1. The Labute approximate surface area is 184 Å². The zero-order valence-electron chi connectivity index (χ0n) is 18.3. The van der Waals surface area contributed by atoms with Gasteiger partial charge in [-0.15, -0.1) is 0 Å². The molecule has 0 aliphatic carbocycles. The molecule has 0 aromatic heterocycles. The van der Waals surface area contributed by atoms with Crippen LogP contribution < -0.4 is 15.5 Å². The fraction of sp³-hybridized carbons (Fsp3) is 0.231. The molecule has 0 fully saturated rings. The second-order valence-electron chi connectivity index (χ2n) is 7.76. The quantitative estimate of drug-likeness (QED) is 0.579. The molecular formula is C26H29N3O2. The monoisotopic (exact) mass is 415 g/mol. The number of benzene rings is 3. The van der Waals surface area contributed by atoms with Gasteiger partial charge in [-0.3, -0.25) is 9.59 Å². The van der Waals surface area contributed by atoms with Gasteiger partial charge in [-0.2, -0.15) is 0 Å². The Balaban J connectivity index is 1.72. The van der Waals surface area contributed by atoms with Crippen LogP contribution in [0.25, 0.3) is 0 Å². The summed E-state index contributed by atoms with van der Waals surface area (Å²) in [5, 5.41) is 5.98. The largest absolute Gasteiger partial charge is 0.378 e. The summed E-state index contributed by atoms with van der Waals surface area (Å²) in [6, 6.07) is 24.9. The zero-order chi connectivity index (χ0) is 22.2. The third kappa shape index (κ3) is 6.19. The Morgan fingerprint density at radius 3 is 2.03 bits per heavy atom. The third-order valence-electron chi connectivity index (χ3n) is 5.15. The first-order valence-corrected chi connectivity index (χ1v) is 10.4. The van der Waals surface area contributed by atoms with E-state index in [9.17, 15) is 9.59 Å². The van der Waals surface area contributed by atoms with Crippen LogP contribution in [0.15, 0.2) is 78.9 Å². The number of anilines is 1. The van der Waals surface area contributed by atoms with Gasteiger partial charge in [0.2, 0.25) is 0 Å². The molecular weight excluding hydrogens is 386 g/mol. The van der Waals surface area contributed by atoms with Crippen LogP contribution in [0, 0.1) is 0 Å². The van der Waals surface area contributed by atoms with Gasteiger partial charge in [-0.05, 0) is 42.7 Å². The first-order valence-electron chi connectivity index (χ1n) is 10.4. The van der Waals surface area contributed by atoms with Gasteiger partial charge in [0.1, 0.15) is 0 Å². The molecule has 3 aromatic carbocycles. The second kappa shape index (κ2) is 10.4. The van der Waals surface area contributed by atoms with Crippen molar-refractivity contribution in [2.24, 2.45) is 0 Å². The van der Waals surface area contributed by atoms with Gasteiger partial charge in [-0.1, -0.05) is 60.7 Å². The third-order valence-corrected chi connectivity index (χ3v) is 5.15. The number of rotatable bonds is 8. The summed E-state index contributed by atoms with van der Waals surface area (Å²) in [4.78, 5) is 27.6. The van der Waals surface area contributed by atoms with Crippen molar-refractivity contribution in [2.45, 2.75) is 19.4 Å². The standard InChI is InChI=1S/C26H29N3O2/c1-19(21-12-8-5-9-13-21)28-26(31)23-16-22(17-24(18-23)29(2)3)25(30)27-15-14-20-10-6-4-7-11-20/h4-13,16-19H,14-15H2,1-3H3,(H,27,30)(H,28,31). The van der Waals surface area contributed by atoms with E-state index < -0.39 is 0 Å². The van der Waals surface area contributed by atoms with Crippen molar-refractivity contribution in [1.29, 1.82) is 0 Å². The summed E-state index contributed by atoms with van der Waals surface area (Å²) in [5.41, 5.74) is 3.92. The summed E-state index contributed by atoms with van der Waals surface area (Å²) in [6.07, 6.45) is 0.752. The molecule has 0 saturated carbocycles. The van der Waals surface area contributed by atoms with Gasteiger partial charge >= 0.3 is 0 Å². The minimum Gasteiger partial charge on any atom is -0.378 e. The van der Waals surface area contributed by atoms with Crippen LogP contribution in [0.2, 0.25) is 0 Å². The molecule has 1 unspecified atom stereocenters. The van der Waals surface area contributed by atoms with Gasteiger partial charge in [0.25, 0.3) is 11.8 Å². The van der Waals surface area contributed by atoms with E-state index in [0.29, 0.717) is 17.7 Å². The Bertz CT molecular complexity index is 1020. The van der Waals surface area contributed by atoms with E-state index >= 15 is 0 Å². The molecule has 2 N–H and O–H groups in total. The van der Waals surface area contributed by atoms with E-state index in [4.69, 9.17) is 0 Å². The Morgan fingerprint density at radius 2 is 1.42 bits per heavy atom. The van der Waals surface area contributed by atoms with E-state index in [1.54, 1.807) is 18.2 Å². The maximum absolute atomic E-state index is 12.9. The number of nitrogens with one attached hydrogen (secondary N) is 2. The topological polar surface area (TPSA) is 61.4 Å². The highest BCUT2D eigenvalue weighted by molar-refractivity contribution is 6.01. The molecule has 0 spiro atoms. The van der Waals surface area contributed by atoms with Gasteiger partial charge in [-0.25, -0.2) is 0 Å². The highest BCUT2D eigenvalue weighted by Crippen LogP contribution is 2.19. The number of nitrogens with zero attached hydrogens (tertiary/aromatic N) is 1. The Hall–Kier alpha value is -3.60. The van der Waals surface area contributed by atoms with Gasteiger partial charge in [0.15, 0.2) is 0 Å². The molecule has 0 saturated heterocycles. The lowest BCUT2D eigenvalue weighted by Gasteiger charge is -2.18. The average Bonchev–Trinajstić information content (AvgIpc) is 2.79. The van der Waals surface area contributed by atoms with Crippen LogP contribution in [0.5, 0.6) is 0 Å². The second-order valence-corrected chi connectivity index (χ2v) is 7.76. The van der Waals surface area contributed by atoms with Crippen LogP contribution >= 0.6 is 0 Å². The number of carbonyl (C=O) groups is 2. The molecule has 5 nitrogen and oxygen atoms in total. The van der Waals surface area contributed by atoms with Crippen molar-refractivity contribution in [2.75, 3.05) is 25.5 Å². The smallest absolute Gasteiger partial charge is 0.251 e. The van der Waals surface area contributed by atoms with Gasteiger partial charge in [0.05, 0.1) is 6.04 Å². The first-order chi connectivity index (χ1) is 14.9. The summed E-state index contributed by atoms with van der Waals surface area (Å²) < 4.78 is 0. The molecule has 0 heterocycles. The molecule has 0 aliphatic heterocycles. The van der Waals surface area contributed by atoms with Crippen LogP contribution in [0.3, 0.4) is 0 Å². The van der Waals surface area contributed by atoms with Crippen molar-refractivity contribution in [3.63, 3.8) is 0 Å². The minimum atomic E-state index is -0.210. The van der Waals surface area contributed by atoms with Crippen LogP contribution in [-0.2, 0) is 6.42 Å². The molecule has 3 rings (SSSR count). The van der Waals surface area contributed by atoms with Crippen molar-refractivity contribution in [3.8, 4) is 0 Å². The lowest BCUT2D eigenvalue weighted by atomic mass is 10.1. The molecule has 3 aromatic rings. The fourth-order valence-electron chi connectivity index (χ4n) is 3.30. The lowest BCUT2D eigenvalue weighted by molar-refractivity contribution is 0.0940. The molecule has 31 heavy (non-hydrogen) atoms. The summed E-state index contributed by atoms with van der Waals surface area (Å²) in [7, 11) is 3.78. The van der Waals surface area contributed by atoms with E-state index in [1.165, 1.54) is 5.56 Å². The molecule has 0 aliphatic rings. The van der Waals surface area contributed by atoms with E-state index in [0.717, 1.165) is 17.7 Å². The fourth-order valence-corrected chi connectivity index (χ4v) is 3.30. The number of hydrogen-bond acceptors (Lipinski definition) is 3. The van der Waals surface area contributed by atoms with Crippen molar-refractivity contribution < 1.29 is 9.59 Å². The van der Waals surface area contributed by atoms with Gasteiger partial charge in [0, 0.05) is 37.5 Å². The molecule has 5 heteroatoms. The maximum atomic E-state index is 12.9. The zero-order valence-corrected chi connectivity index (χ0v) is 18.3. The molecule has 0 radical (unpaired) electrons.